The lowest BCUT2D eigenvalue weighted by Gasteiger charge is -2.36. The molecule has 0 bridgehead atoms. The molecule has 2 aromatic rings. The highest BCUT2D eigenvalue weighted by Crippen LogP contribution is 2.27. The van der Waals surface area contributed by atoms with Crippen molar-refractivity contribution in [2.75, 3.05) is 26.2 Å². The molecule has 2 heterocycles. The normalized spacial score (nSPS) is 18.3. The first-order valence-electron chi connectivity index (χ1n) is 9.99. The summed E-state index contributed by atoms with van der Waals surface area (Å²) in [6.07, 6.45) is 4.39. The largest absolute Gasteiger partial charge is 0.339 e. The molecule has 1 aromatic heterocycles. The summed E-state index contributed by atoms with van der Waals surface area (Å²) in [5.41, 5.74) is 3.55. The number of aromatic nitrogens is 1. The summed E-state index contributed by atoms with van der Waals surface area (Å²) in [4.78, 5) is 34.2. The number of carbonyl (C=O) groups is 2. The van der Waals surface area contributed by atoms with Gasteiger partial charge in [-0.3, -0.25) is 14.6 Å². The van der Waals surface area contributed by atoms with E-state index >= 15 is 0 Å². The molecule has 4 rings (SSSR count). The van der Waals surface area contributed by atoms with Gasteiger partial charge in [0.15, 0.2) is 0 Å². The Morgan fingerprint density at radius 1 is 0.963 bits per heavy atom. The number of benzene rings is 1. The van der Waals surface area contributed by atoms with E-state index in [1.165, 1.54) is 12.8 Å². The lowest BCUT2D eigenvalue weighted by molar-refractivity contribution is -0.136. The van der Waals surface area contributed by atoms with E-state index in [1.54, 1.807) is 0 Å². The van der Waals surface area contributed by atoms with E-state index in [1.807, 2.05) is 47.9 Å². The number of rotatable bonds is 2. The molecule has 5 nitrogen and oxygen atoms in total. The Morgan fingerprint density at radius 3 is 2.33 bits per heavy atom. The molecule has 5 heteroatoms. The molecular weight excluding hydrogens is 338 g/mol. The van der Waals surface area contributed by atoms with Crippen molar-refractivity contribution in [3.05, 3.63) is 41.1 Å². The first-order chi connectivity index (χ1) is 13.0. The van der Waals surface area contributed by atoms with Crippen molar-refractivity contribution < 1.29 is 9.59 Å². The molecule has 2 aliphatic rings. The Morgan fingerprint density at radius 2 is 1.63 bits per heavy atom. The van der Waals surface area contributed by atoms with Gasteiger partial charge >= 0.3 is 0 Å². The summed E-state index contributed by atoms with van der Waals surface area (Å²) in [7, 11) is 0. The lowest BCUT2D eigenvalue weighted by atomic mass is 10.0. The zero-order valence-electron chi connectivity index (χ0n) is 16.2. The fourth-order valence-corrected chi connectivity index (χ4v) is 4.38. The fourth-order valence-electron chi connectivity index (χ4n) is 4.38. The molecular formula is C22H27N3O2. The van der Waals surface area contributed by atoms with Crippen LogP contribution in [0.1, 0.15) is 47.3 Å². The van der Waals surface area contributed by atoms with Crippen LogP contribution >= 0.6 is 0 Å². The molecule has 0 N–H and O–H groups in total. The highest BCUT2D eigenvalue weighted by atomic mass is 16.2. The minimum Gasteiger partial charge on any atom is -0.339 e. The van der Waals surface area contributed by atoms with Crippen LogP contribution < -0.4 is 0 Å². The molecule has 2 amide bonds. The number of hydrogen-bond acceptors (Lipinski definition) is 3. The van der Waals surface area contributed by atoms with E-state index < -0.39 is 0 Å². The van der Waals surface area contributed by atoms with Gasteiger partial charge in [0.1, 0.15) is 0 Å². The molecule has 1 aromatic carbocycles. The maximum atomic E-state index is 13.2. The third-order valence-corrected chi connectivity index (χ3v) is 5.91. The summed E-state index contributed by atoms with van der Waals surface area (Å²) >= 11 is 0. The number of nitrogens with zero attached hydrogens (tertiary/aromatic N) is 3. The zero-order chi connectivity index (χ0) is 19.0. The van der Waals surface area contributed by atoms with Crippen LogP contribution in [0.3, 0.4) is 0 Å². The van der Waals surface area contributed by atoms with E-state index in [4.69, 9.17) is 0 Å². The maximum absolute atomic E-state index is 13.2. The highest BCUT2D eigenvalue weighted by Gasteiger charge is 2.31. The van der Waals surface area contributed by atoms with Crippen molar-refractivity contribution >= 4 is 22.7 Å². The highest BCUT2D eigenvalue weighted by molar-refractivity contribution is 6.06. The predicted octanol–water partition coefficient (Wildman–Crippen LogP) is 3.33. The monoisotopic (exact) mass is 365 g/mol. The Kier molecular flexibility index (Phi) is 4.85. The Bertz CT molecular complexity index is 879. The molecule has 2 fully saturated rings. The third-order valence-electron chi connectivity index (χ3n) is 5.91. The number of hydrogen-bond donors (Lipinski definition) is 0. The van der Waals surface area contributed by atoms with E-state index in [9.17, 15) is 9.59 Å². The molecule has 1 saturated carbocycles. The van der Waals surface area contributed by atoms with Crippen molar-refractivity contribution in [1.82, 2.24) is 14.8 Å². The van der Waals surface area contributed by atoms with E-state index in [-0.39, 0.29) is 11.8 Å². The van der Waals surface area contributed by atoms with Crippen molar-refractivity contribution in [2.45, 2.75) is 39.5 Å². The maximum Gasteiger partial charge on any atom is 0.254 e. The van der Waals surface area contributed by atoms with Gasteiger partial charge in [-0.2, -0.15) is 0 Å². The third kappa shape index (κ3) is 3.55. The summed E-state index contributed by atoms with van der Waals surface area (Å²) in [5.74, 6) is 0.548. The van der Waals surface area contributed by atoms with Gasteiger partial charge in [0.05, 0.1) is 11.1 Å². The van der Waals surface area contributed by atoms with E-state index in [2.05, 4.69) is 4.98 Å². The SMILES string of the molecule is Cc1ccc2nc(C)cc(C(=O)N3CCN(C(=O)C4CCCC4)CC3)c2c1. The van der Waals surface area contributed by atoms with Gasteiger partial charge in [-0.1, -0.05) is 24.5 Å². The summed E-state index contributed by atoms with van der Waals surface area (Å²) in [5, 5.41) is 0.912. The molecule has 1 aliphatic carbocycles. The summed E-state index contributed by atoms with van der Waals surface area (Å²) in [6, 6.07) is 7.93. The number of fused-ring (bicyclic) bond motifs is 1. The molecule has 0 spiro atoms. The van der Waals surface area contributed by atoms with Gasteiger partial charge in [0, 0.05) is 43.2 Å². The van der Waals surface area contributed by atoms with Crippen LogP contribution in [0, 0.1) is 19.8 Å². The van der Waals surface area contributed by atoms with Crippen molar-refractivity contribution in [2.24, 2.45) is 5.92 Å². The Labute approximate surface area is 160 Å². The topological polar surface area (TPSA) is 53.5 Å². The van der Waals surface area contributed by atoms with Crippen molar-refractivity contribution in [3.8, 4) is 0 Å². The average Bonchev–Trinajstić information content (AvgIpc) is 3.21. The summed E-state index contributed by atoms with van der Waals surface area (Å²) in [6.45, 7) is 6.44. The van der Waals surface area contributed by atoms with Gasteiger partial charge in [-0.05, 0) is 44.9 Å². The fraction of sp³-hybridized carbons (Fsp3) is 0.500. The van der Waals surface area contributed by atoms with Crippen LogP contribution in [0.4, 0.5) is 0 Å². The molecule has 27 heavy (non-hydrogen) atoms. The smallest absolute Gasteiger partial charge is 0.254 e. The van der Waals surface area contributed by atoms with E-state index in [0.29, 0.717) is 32.1 Å². The summed E-state index contributed by atoms with van der Waals surface area (Å²) < 4.78 is 0. The minimum atomic E-state index is 0.0454. The van der Waals surface area contributed by atoms with Crippen molar-refractivity contribution in [1.29, 1.82) is 0 Å². The van der Waals surface area contributed by atoms with Crippen LogP contribution in [0.2, 0.25) is 0 Å². The number of carbonyl (C=O) groups excluding carboxylic acids is 2. The first-order valence-corrected chi connectivity index (χ1v) is 9.99. The first kappa shape index (κ1) is 18.0. The zero-order valence-corrected chi connectivity index (χ0v) is 16.2. The van der Waals surface area contributed by atoms with Gasteiger partial charge in [0.2, 0.25) is 5.91 Å². The second kappa shape index (κ2) is 7.29. The Balaban J connectivity index is 1.50. The van der Waals surface area contributed by atoms with Gasteiger partial charge in [-0.25, -0.2) is 0 Å². The van der Waals surface area contributed by atoms with E-state index in [0.717, 1.165) is 40.6 Å². The molecule has 0 atom stereocenters. The minimum absolute atomic E-state index is 0.0454. The van der Waals surface area contributed by atoms with Crippen molar-refractivity contribution in [3.63, 3.8) is 0 Å². The Hall–Kier alpha value is -2.43. The standard InChI is InChI=1S/C22H27N3O2/c1-15-7-8-20-18(13-15)19(14-16(2)23-20)22(27)25-11-9-24(10-12-25)21(26)17-5-3-4-6-17/h7-8,13-14,17H,3-6,9-12H2,1-2H3. The van der Waals surface area contributed by atoms with Crippen LogP contribution in [0.25, 0.3) is 10.9 Å². The number of amides is 2. The molecule has 1 saturated heterocycles. The molecule has 1 aliphatic heterocycles. The predicted molar refractivity (Wildman–Crippen MR) is 106 cm³/mol. The lowest BCUT2D eigenvalue weighted by Crippen LogP contribution is -2.51. The number of pyridine rings is 1. The average molecular weight is 365 g/mol. The second-order valence-corrected chi connectivity index (χ2v) is 7.93. The van der Waals surface area contributed by atoms with Crippen LogP contribution in [-0.4, -0.2) is 52.8 Å². The molecule has 0 unspecified atom stereocenters. The quantitative estimate of drug-likeness (QED) is 0.820. The number of aryl methyl sites for hydroxylation is 2. The molecule has 142 valence electrons. The molecule has 0 radical (unpaired) electrons. The van der Waals surface area contributed by atoms with Gasteiger partial charge in [0.25, 0.3) is 5.91 Å². The van der Waals surface area contributed by atoms with Gasteiger partial charge in [-0.15, -0.1) is 0 Å². The van der Waals surface area contributed by atoms with Gasteiger partial charge < -0.3 is 9.80 Å². The number of piperazine rings is 1. The van der Waals surface area contributed by atoms with Crippen LogP contribution in [-0.2, 0) is 4.79 Å². The van der Waals surface area contributed by atoms with Crippen LogP contribution in [0.5, 0.6) is 0 Å². The second-order valence-electron chi connectivity index (χ2n) is 7.93. The van der Waals surface area contributed by atoms with Crippen LogP contribution in [0.15, 0.2) is 24.3 Å².